The van der Waals surface area contributed by atoms with Crippen molar-refractivity contribution in [1.29, 1.82) is 0 Å². The van der Waals surface area contributed by atoms with E-state index < -0.39 is 23.4 Å². The highest BCUT2D eigenvalue weighted by Crippen LogP contribution is 2.53. The molecular formula is C44H56O4. The Morgan fingerprint density at radius 2 is 0.875 bits per heavy atom. The molecule has 48 heavy (non-hydrogen) atoms. The molecule has 256 valence electrons. The Labute approximate surface area is 288 Å². The van der Waals surface area contributed by atoms with Crippen LogP contribution in [-0.4, -0.2) is 33.6 Å². The second-order valence-corrected chi connectivity index (χ2v) is 19.5. The molecule has 0 radical (unpaired) electrons. The molecule has 4 nitrogen and oxygen atoms in total. The van der Waals surface area contributed by atoms with Gasteiger partial charge in [-0.15, -0.1) is 0 Å². The van der Waals surface area contributed by atoms with Gasteiger partial charge in [-0.05, 0) is 95.9 Å². The van der Waals surface area contributed by atoms with E-state index in [9.17, 15) is 10.2 Å². The van der Waals surface area contributed by atoms with Crippen molar-refractivity contribution in [3.8, 4) is 11.5 Å². The van der Waals surface area contributed by atoms with E-state index in [2.05, 4.69) is 132 Å². The number of aliphatic hydroxyl groups excluding tert-OH is 2. The zero-order valence-corrected chi connectivity index (χ0v) is 31.3. The van der Waals surface area contributed by atoms with Crippen molar-refractivity contribution in [3.05, 3.63) is 104 Å². The third-order valence-corrected chi connectivity index (χ3v) is 11.4. The predicted octanol–water partition coefficient (Wildman–Crippen LogP) is 9.17. The van der Waals surface area contributed by atoms with Gasteiger partial charge >= 0.3 is 0 Å². The Kier molecular flexibility index (Phi) is 7.12. The molecule has 3 aliphatic heterocycles. The van der Waals surface area contributed by atoms with E-state index in [0.29, 0.717) is 25.7 Å². The highest BCUT2D eigenvalue weighted by Gasteiger charge is 2.53. The summed E-state index contributed by atoms with van der Waals surface area (Å²) < 4.78 is 14.3. The van der Waals surface area contributed by atoms with Gasteiger partial charge in [0.25, 0.3) is 0 Å². The lowest BCUT2D eigenvalue weighted by atomic mass is 9.70. The molecule has 2 aromatic carbocycles. The standard InChI is InChI=1S/C44H56O4/c1-39(2,3)31-15-25-13-26-16-32(40(4,5)6)20-30-22-44(48-36(26)30)24-34(42(10,11)12)18-28(38(44)46)14-27-17-33(41(7,8)9)23-43(37(27)45)21-29(19-31)35(25)47-43/h15-20,23-24,37-38,45-46H,13-14,21-22H2,1-12H3/t37-,38+,43+,44-. The lowest BCUT2D eigenvalue weighted by molar-refractivity contribution is 0.00302. The SMILES string of the molecule is CC(C)(C)C1=C[C@]23Cc4cc(C(C)(C)C)cc(c4O2)Cc2cc(C(C)(C)C)cc4c2O[C@@]2(C=C(C(C)(C)C)C=C(CC(=C1)[C@H]3O)[C@@H]2O)C4. The predicted molar refractivity (Wildman–Crippen MR) is 195 cm³/mol. The van der Waals surface area contributed by atoms with Crippen LogP contribution in [0.15, 0.2) is 70.9 Å². The van der Waals surface area contributed by atoms with Crippen molar-refractivity contribution in [2.75, 3.05) is 0 Å². The molecule has 4 heteroatoms. The molecule has 4 atom stereocenters. The average molecular weight is 649 g/mol. The molecular weight excluding hydrogens is 592 g/mol. The maximum absolute atomic E-state index is 12.4. The Morgan fingerprint density at radius 3 is 1.21 bits per heavy atom. The first-order chi connectivity index (χ1) is 22.0. The summed E-state index contributed by atoms with van der Waals surface area (Å²) in [6.07, 6.45) is 9.26. The maximum Gasteiger partial charge on any atom is 0.161 e. The van der Waals surface area contributed by atoms with Crippen LogP contribution in [0.4, 0.5) is 0 Å². The summed E-state index contributed by atoms with van der Waals surface area (Å²) in [7, 11) is 0. The summed E-state index contributed by atoms with van der Waals surface area (Å²) in [5, 5.41) is 24.9. The van der Waals surface area contributed by atoms with Gasteiger partial charge in [-0.3, -0.25) is 0 Å². The van der Waals surface area contributed by atoms with E-state index in [1.165, 1.54) is 11.1 Å². The monoisotopic (exact) mass is 648 g/mol. The molecule has 0 fully saturated rings. The molecule has 2 spiro atoms. The molecule has 7 rings (SSSR count). The molecule has 0 saturated heterocycles. The van der Waals surface area contributed by atoms with Gasteiger partial charge in [0, 0.05) is 19.3 Å². The van der Waals surface area contributed by atoms with Gasteiger partial charge in [-0.25, -0.2) is 0 Å². The van der Waals surface area contributed by atoms with Crippen LogP contribution in [0.3, 0.4) is 0 Å². The molecule has 2 aliphatic carbocycles. The zero-order chi connectivity index (χ0) is 35.0. The van der Waals surface area contributed by atoms with Crippen molar-refractivity contribution >= 4 is 0 Å². The Morgan fingerprint density at radius 1 is 0.521 bits per heavy atom. The van der Waals surface area contributed by atoms with E-state index in [-0.39, 0.29) is 21.7 Å². The van der Waals surface area contributed by atoms with Crippen LogP contribution >= 0.6 is 0 Å². The minimum Gasteiger partial charge on any atom is -0.479 e. The van der Waals surface area contributed by atoms with Gasteiger partial charge < -0.3 is 19.7 Å². The zero-order valence-electron chi connectivity index (χ0n) is 31.3. The van der Waals surface area contributed by atoms with Gasteiger partial charge in [-0.1, -0.05) is 120 Å². The lowest BCUT2D eigenvalue weighted by Gasteiger charge is -2.42. The molecule has 6 bridgehead atoms. The number of ether oxygens (including phenoxy) is 2. The quantitative estimate of drug-likeness (QED) is 0.299. The maximum atomic E-state index is 12.4. The molecule has 2 N–H and O–H groups in total. The van der Waals surface area contributed by atoms with E-state index >= 15 is 0 Å². The highest BCUT2D eigenvalue weighted by molar-refractivity contribution is 5.60. The third kappa shape index (κ3) is 5.33. The minimum atomic E-state index is -0.928. The number of fused-ring (bicyclic) bond motifs is 2. The number of benzene rings is 2. The van der Waals surface area contributed by atoms with Crippen LogP contribution in [0, 0.1) is 10.8 Å². The van der Waals surface area contributed by atoms with Gasteiger partial charge in [-0.2, -0.15) is 0 Å². The van der Waals surface area contributed by atoms with Crippen LogP contribution in [0.25, 0.3) is 0 Å². The molecule has 0 saturated carbocycles. The second-order valence-electron chi connectivity index (χ2n) is 19.5. The van der Waals surface area contributed by atoms with E-state index in [4.69, 9.17) is 9.47 Å². The largest absolute Gasteiger partial charge is 0.479 e. The summed E-state index contributed by atoms with van der Waals surface area (Å²) >= 11 is 0. The number of allylic oxidation sites excluding steroid dienone is 4. The molecule has 3 heterocycles. The first-order valence-corrected chi connectivity index (χ1v) is 17.9. The Hall–Kier alpha value is -3.08. The first kappa shape index (κ1) is 33.4. The molecule has 0 amide bonds. The summed E-state index contributed by atoms with van der Waals surface area (Å²) in [5.74, 6) is 1.78. The number of aliphatic hydroxyl groups is 2. The number of hydrogen-bond acceptors (Lipinski definition) is 4. The van der Waals surface area contributed by atoms with Crippen molar-refractivity contribution < 1.29 is 19.7 Å². The lowest BCUT2D eigenvalue weighted by Crippen LogP contribution is -2.51. The fourth-order valence-electron chi connectivity index (χ4n) is 8.23. The number of rotatable bonds is 0. The summed E-state index contributed by atoms with van der Waals surface area (Å²) in [6, 6.07) is 9.25. The van der Waals surface area contributed by atoms with Gasteiger partial charge in [0.15, 0.2) is 11.2 Å². The van der Waals surface area contributed by atoms with Crippen LogP contribution < -0.4 is 9.47 Å². The molecule has 0 aromatic heterocycles. The molecule has 5 aliphatic rings. The average Bonchev–Trinajstić information content (AvgIpc) is 3.50. The van der Waals surface area contributed by atoms with Crippen LogP contribution in [0.1, 0.15) is 123 Å². The van der Waals surface area contributed by atoms with E-state index in [1.54, 1.807) is 0 Å². The fourth-order valence-corrected chi connectivity index (χ4v) is 8.23. The van der Waals surface area contributed by atoms with Gasteiger partial charge in [0.05, 0.1) is 0 Å². The molecule has 0 unspecified atom stereocenters. The number of hydrogen-bond donors (Lipinski definition) is 2. The second kappa shape index (κ2) is 10.2. The first-order valence-electron chi connectivity index (χ1n) is 17.9. The van der Waals surface area contributed by atoms with Crippen LogP contribution in [0.2, 0.25) is 0 Å². The van der Waals surface area contributed by atoms with Crippen molar-refractivity contribution in [2.24, 2.45) is 10.8 Å². The minimum absolute atomic E-state index is 0.0668. The van der Waals surface area contributed by atoms with Crippen molar-refractivity contribution in [3.63, 3.8) is 0 Å². The smallest absolute Gasteiger partial charge is 0.161 e. The van der Waals surface area contributed by atoms with E-state index in [1.807, 2.05) is 0 Å². The van der Waals surface area contributed by atoms with Crippen molar-refractivity contribution in [1.82, 2.24) is 0 Å². The van der Waals surface area contributed by atoms with Gasteiger partial charge in [0.1, 0.15) is 23.7 Å². The molecule has 2 aromatic rings. The van der Waals surface area contributed by atoms with Crippen LogP contribution in [-0.2, 0) is 30.1 Å². The topological polar surface area (TPSA) is 58.9 Å². The van der Waals surface area contributed by atoms with Gasteiger partial charge in [0.2, 0.25) is 0 Å². The summed E-state index contributed by atoms with van der Waals surface area (Å²) in [4.78, 5) is 0. The highest BCUT2D eigenvalue weighted by atomic mass is 16.5. The third-order valence-electron chi connectivity index (χ3n) is 11.4. The Balaban J connectivity index is 1.53. The van der Waals surface area contributed by atoms with E-state index in [0.717, 1.165) is 56.0 Å². The van der Waals surface area contributed by atoms with Crippen LogP contribution in [0.5, 0.6) is 11.5 Å². The normalized spacial score (nSPS) is 28.0. The summed E-state index contributed by atoms with van der Waals surface area (Å²) in [6.45, 7) is 26.9. The Bertz CT molecular complexity index is 1700. The van der Waals surface area contributed by atoms with Crippen molar-refractivity contribution in [2.45, 2.75) is 143 Å². The summed E-state index contributed by atoms with van der Waals surface area (Å²) in [5.41, 5.74) is 8.80. The fraction of sp³-hybridized carbons (Fsp3) is 0.545.